The molecule has 0 heterocycles. The molecule has 0 nitrogen and oxygen atoms in total. The van der Waals surface area contributed by atoms with Gasteiger partial charge in [0.25, 0.3) is 0 Å². The van der Waals surface area contributed by atoms with Crippen LogP contribution in [-0.2, 0) is 0 Å². The van der Waals surface area contributed by atoms with Gasteiger partial charge in [0, 0.05) is 0 Å². The smallest absolute Gasteiger partial charge is 0.00989 e. The number of hydrogen-bond acceptors (Lipinski definition) is 0. The van der Waals surface area contributed by atoms with Crippen LogP contribution in [0, 0.1) is 6.92 Å². The normalized spacial score (nSPS) is 12.5. The standard InChI is InChI=1S/C20H20.2C2H6/c1-4-14(2)19-13-20-17(12-15(19)3)11-10-16-8-6-5-7-9-18(16)20;2*1-2/h5,7-14H,4H2,1-3H3;2*1-2H3. The molecular weight excluding hydrogens is 288 g/mol. The number of fused-ring (bicyclic) bond motifs is 3. The van der Waals surface area contributed by atoms with E-state index in [1.54, 1.807) is 0 Å². The quantitative estimate of drug-likeness (QED) is 0.493. The Bertz CT molecular complexity index is 753. The molecular formula is C24H32. The predicted octanol–water partition coefficient (Wildman–Crippen LogP) is 7.91. The van der Waals surface area contributed by atoms with Crippen LogP contribution >= 0.6 is 0 Å². The van der Waals surface area contributed by atoms with E-state index in [1.165, 1.54) is 39.4 Å². The van der Waals surface area contributed by atoms with E-state index in [-0.39, 0.29) is 0 Å². The minimum atomic E-state index is 0.610. The Labute approximate surface area is 148 Å². The number of benzene rings is 2. The number of rotatable bonds is 2. The van der Waals surface area contributed by atoms with E-state index in [9.17, 15) is 0 Å². The number of aryl methyl sites for hydroxylation is 1. The van der Waals surface area contributed by atoms with E-state index < -0.39 is 0 Å². The fourth-order valence-electron chi connectivity index (χ4n) is 2.94. The van der Waals surface area contributed by atoms with Crippen molar-refractivity contribution in [1.29, 1.82) is 0 Å². The van der Waals surface area contributed by atoms with E-state index >= 15 is 0 Å². The van der Waals surface area contributed by atoms with Gasteiger partial charge in [0.15, 0.2) is 0 Å². The van der Waals surface area contributed by atoms with Gasteiger partial charge in [-0.25, -0.2) is 0 Å². The van der Waals surface area contributed by atoms with E-state index in [1.807, 2.05) is 33.8 Å². The van der Waals surface area contributed by atoms with Crippen molar-refractivity contribution < 1.29 is 0 Å². The summed E-state index contributed by atoms with van der Waals surface area (Å²) in [6.45, 7) is 14.8. The molecule has 3 rings (SSSR count). The van der Waals surface area contributed by atoms with Gasteiger partial charge in [-0.1, -0.05) is 71.9 Å². The Morgan fingerprint density at radius 3 is 2.42 bits per heavy atom. The molecule has 1 atom stereocenters. The lowest BCUT2D eigenvalue weighted by atomic mass is 9.89. The average Bonchev–Trinajstić information content (AvgIpc) is 2.89. The van der Waals surface area contributed by atoms with Crippen LogP contribution in [0.3, 0.4) is 0 Å². The molecule has 0 heteroatoms. The molecule has 2 aromatic rings. The number of allylic oxidation sites excluding steroid dienone is 2. The maximum absolute atomic E-state index is 3.19. The summed E-state index contributed by atoms with van der Waals surface area (Å²) in [6.07, 6.45) is 9.49. The SMILES string of the molecule is CC.CC.CCC(C)c1cc2c3c(ccc2cc1C)C=C=CC=C3. The highest BCUT2D eigenvalue weighted by Crippen LogP contribution is 2.32. The summed E-state index contributed by atoms with van der Waals surface area (Å²) < 4.78 is 0. The third kappa shape index (κ3) is 4.28. The van der Waals surface area contributed by atoms with Crippen molar-refractivity contribution in [2.75, 3.05) is 0 Å². The molecule has 1 aliphatic carbocycles. The van der Waals surface area contributed by atoms with Crippen molar-refractivity contribution in [3.8, 4) is 0 Å². The van der Waals surface area contributed by atoms with E-state index in [0.29, 0.717) is 5.92 Å². The van der Waals surface area contributed by atoms with Crippen LogP contribution in [-0.4, -0.2) is 0 Å². The third-order valence-corrected chi connectivity index (χ3v) is 4.32. The first-order valence-corrected chi connectivity index (χ1v) is 9.37. The van der Waals surface area contributed by atoms with Crippen LogP contribution in [0.2, 0.25) is 0 Å². The van der Waals surface area contributed by atoms with Gasteiger partial charge >= 0.3 is 0 Å². The van der Waals surface area contributed by atoms with Crippen molar-refractivity contribution in [1.82, 2.24) is 0 Å². The van der Waals surface area contributed by atoms with Crippen LogP contribution in [0.4, 0.5) is 0 Å². The second kappa shape index (κ2) is 9.96. The highest BCUT2D eigenvalue weighted by atomic mass is 14.2. The van der Waals surface area contributed by atoms with Gasteiger partial charge in [-0.15, -0.1) is 5.73 Å². The maximum Gasteiger partial charge on any atom is -0.00989 e. The second-order valence-corrected chi connectivity index (χ2v) is 5.64. The van der Waals surface area contributed by atoms with Gasteiger partial charge in [0.1, 0.15) is 0 Å². The fourth-order valence-corrected chi connectivity index (χ4v) is 2.94. The Kier molecular flexibility index (Phi) is 8.30. The maximum atomic E-state index is 3.19. The van der Waals surface area contributed by atoms with Gasteiger partial charge in [-0.2, -0.15) is 0 Å². The first-order chi connectivity index (χ1) is 11.7. The predicted molar refractivity (Wildman–Crippen MR) is 112 cm³/mol. The van der Waals surface area contributed by atoms with Crippen LogP contribution in [0.5, 0.6) is 0 Å². The second-order valence-electron chi connectivity index (χ2n) is 5.64. The van der Waals surface area contributed by atoms with Gasteiger partial charge < -0.3 is 0 Å². The van der Waals surface area contributed by atoms with Gasteiger partial charge in [-0.3, -0.25) is 0 Å². The first-order valence-electron chi connectivity index (χ1n) is 9.37. The Balaban J connectivity index is 0.000000671. The zero-order valence-electron chi connectivity index (χ0n) is 16.4. The first kappa shape index (κ1) is 20.0. The van der Waals surface area contributed by atoms with E-state index in [4.69, 9.17) is 0 Å². The Morgan fingerprint density at radius 1 is 1.04 bits per heavy atom. The summed E-state index contributed by atoms with van der Waals surface area (Å²) in [5, 5.41) is 2.68. The van der Waals surface area contributed by atoms with Crippen LogP contribution < -0.4 is 0 Å². The monoisotopic (exact) mass is 320 g/mol. The van der Waals surface area contributed by atoms with Gasteiger partial charge in [0.05, 0.1) is 0 Å². The summed E-state index contributed by atoms with van der Waals surface area (Å²) in [4.78, 5) is 0. The zero-order valence-corrected chi connectivity index (χ0v) is 16.4. The molecule has 24 heavy (non-hydrogen) atoms. The molecule has 0 saturated carbocycles. The minimum absolute atomic E-state index is 0.610. The lowest BCUT2D eigenvalue weighted by molar-refractivity contribution is 0.729. The van der Waals surface area contributed by atoms with Crippen molar-refractivity contribution in [3.63, 3.8) is 0 Å². The Morgan fingerprint density at radius 2 is 1.75 bits per heavy atom. The summed E-state index contributed by atoms with van der Waals surface area (Å²) in [5.74, 6) is 0.610. The summed E-state index contributed by atoms with van der Waals surface area (Å²) in [6, 6.07) is 9.13. The van der Waals surface area contributed by atoms with Crippen molar-refractivity contribution in [2.24, 2.45) is 0 Å². The van der Waals surface area contributed by atoms with Crippen LogP contribution in [0.25, 0.3) is 22.9 Å². The van der Waals surface area contributed by atoms with Crippen LogP contribution in [0.15, 0.2) is 42.1 Å². The number of hydrogen-bond donors (Lipinski definition) is 0. The molecule has 0 saturated heterocycles. The van der Waals surface area contributed by atoms with Crippen LogP contribution in [0.1, 0.15) is 76.1 Å². The molecule has 2 aromatic carbocycles. The highest BCUT2D eigenvalue weighted by Gasteiger charge is 2.11. The Hall–Kier alpha value is -2.04. The summed E-state index contributed by atoms with van der Waals surface area (Å²) in [7, 11) is 0. The summed E-state index contributed by atoms with van der Waals surface area (Å²) >= 11 is 0. The molecule has 0 bridgehead atoms. The van der Waals surface area contributed by atoms with E-state index in [2.05, 4.69) is 69.0 Å². The molecule has 0 spiro atoms. The molecule has 0 amide bonds. The average molecular weight is 321 g/mol. The van der Waals surface area contributed by atoms with Crippen molar-refractivity contribution in [3.05, 3.63) is 64.4 Å². The lowest BCUT2D eigenvalue weighted by Gasteiger charge is -2.16. The minimum Gasteiger partial charge on any atom is -0.120 e. The molecule has 0 fully saturated rings. The van der Waals surface area contributed by atoms with Crippen molar-refractivity contribution >= 4 is 22.9 Å². The molecule has 0 aliphatic heterocycles. The third-order valence-electron chi connectivity index (χ3n) is 4.32. The highest BCUT2D eigenvalue weighted by molar-refractivity contribution is 5.95. The fraction of sp³-hybridized carbons (Fsp3) is 0.375. The molecule has 128 valence electrons. The molecule has 0 radical (unpaired) electrons. The molecule has 1 unspecified atom stereocenters. The largest absolute Gasteiger partial charge is 0.120 e. The topological polar surface area (TPSA) is 0 Å². The van der Waals surface area contributed by atoms with Crippen molar-refractivity contribution in [2.45, 2.75) is 60.8 Å². The van der Waals surface area contributed by atoms with Gasteiger partial charge in [0.2, 0.25) is 0 Å². The van der Waals surface area contributed by atoms with Gasteiger partial charge in [-0.05, 0) is 70.5 Å². The molecule has 0 aromatic heterocycles. The molecule has 1 aliphatic rings. The lowest BCUT2D eigenvalue weighted by Crippen LogP contribution is -1.96. The molecule has 0 N–H and O–H groups in total. The summed E-state index contributed by atoms with van der Waals surface area (Å²) in [5.41, 5.74) is 8.63. The zero-order chi connectivity index (χ0) is 18.1. The van der Waals surface area contributed by atoms with E-state index in [0.717, 1.165) is 0 Å².